The van der Waals surface area contributed by atoms with Gasteiger partial charge >= 0.3 is 0 Å². The summed E-state index contributed by atoms with van der Waals surface area (Å²) in [6, 6.07) is 4.97. The van der Waals surface area contributed by atoms with Gasteiger partial charge < -0.3 is 14.4 Å². The third-order valence-corrected chi connectivity index (χ3v) is 4.00. The molecular formula is C14H24N2O2. The summed E-state index contributed by atoms with van der Waals surface area (Å²) in [5, 5.41) is 9.24. The molecule has 4 heteroatoms. The van der Waals surface area contributed by atoms with Crippen LogP contribution in [0.2, 0.25) is 0 Å². The van der Waals surface area contributed by atoms with Crippen molar-refractivity contribution in [3.63, 3.8) is 0 Å². The molecule has 0 aromatic carbocycles. The highest BCUT2D eigenvalue weighted by Gasteiger charge is 2.26. The first kappa shape index (κ1) is 13.6. The maximum atomic E-state index is 9.24. The van der Waals surface area contributed by atoms with Crippen molar-refractivity contribution in [2.24, 2.45) is 0 Å². The highest BCUT2D eigenvalue weighted by Crippen LogP contribution is 2.18. The fourth-order valence-corrected chi connectivity index (χ4v) is 2.62. The lowest BCUT2D eigenvalue weighted by molar-refractivity contribution is 0.133. The third kappa shape index (κ3) is 3.34. The van der Waals surface area contributed by atoms with Crippen LogP contribution in [0.1, 0.15) is 25.5 Å². The van der Waals surface area contributed by atoms with Crippen LogP contribution in [0.4, 0.5) is 0 Å². The Balaban J connectivity index is 2.04. The Kier molecular flexibility index (Phi) is 4.80. The molecule has 4 nitrogen and oxygen atoms in total. The molecule has 102 valence electrons. The number of likely N-dealkylation sites (N-methyl/N-ethyl adjacent to an activating group) is 1. The molecule has 1 saturated heterocycles. The van der Waals surface area contributed by atoms with Crippen molar-refractivity contribution in [2.45, 2.75) is 38.4 Å². The largest absolute Gasteiger partial charge is 0.468 e. The van der Waals surface area contributed by atoms with Gasteiger partial charge in [0.25, 0.3) is 0 Å². The predicted octanol–water partition coefficient (Wildman–Crippen LogP) is 1.56. The van der Waals surface area contributed by atoms with Gasteiger partial charge in [-0.15, -0.1) is 0 Å². The fraction of sp³-hybridized carbons (Fsp3) is 0.714. The minimum Gasteiger partial charge on any atom is -0.468 e. The molecule has 0 saturated carbocycles. The maximum Gasteiger partial charge on any atom is 0.117 e. The van der Waals surface area contributed by atoms with E-state index in [9.17, 15) is 5.11 Å². The zero-order valence-electron chi connectivity index (χ0n) is 11.4. The van der Waals surface area contributed by atoms with Crippen molar-refractivity contribution in [3.8, 4) is 0 Å². The average Bonchev–Trinajstić information content (AvgIpc) is 2.81. The summed E-state index contributed by atoms with van der Waals surface area (Å²) in [4.78, 5) is 4.83. The van der Waals surface area contributed by atoms with Crippen molar-refractivity contribution < 1.29 is 9.52 Å². The van der Waals surface area contributed by atoms with Crippen LogP contribution in [0.15, 0.2) is 22.8 Å². The first-order valence-corrected chi connectivity index (χ1v) is 6.78. The Morgan fingerprint density at radius 3 is 3.00 bits per heavy atom. The Labute approximate surface area is 109 Å². The number of furan rings is 1. The van der Waals surface area contributed by atoms with Gasteiger partial charge in [-0.05, 0) is 38.9 Å². The number of nitrogens with zero attached hydrogens (tertiary/aromatic N) is 2. The summed E-state index contributed by atoms with van der Waals surface area (Å²) in [6.07, 6.45) is 3.72. The van der Waals surface area contributed by atoms with Crippen LogP contribution < -0.4 is 0 Å². The standard InChI is InChI=1S/C14H24N2O2/c1-12-5-7-16(11-14-4-3-9-18-14)13(6-8-17)10-15(12)2/h3-4,9,12-13,17H,5-8,10-11H2,1-2H3. The fourth-order valence-electron chi connectivity index (χ4n) is 2.62. The molecule has 18 heavy (non-hydrogen) atoms. The van der Waals surface area contributed by atoms with E-state index in [4.69, 9.17) is 4.42 Å². The molecule has 1 aromatic heterocycles. The van der Waals surface area contributed by atoms with E-state index in [-0.39, 0.29) is 6.61 Å². The molecular weight excluding hydrogens is 228 g/mol. The second-order valence-corrected chi connectivity index (χ2v) is 5.29. The van der Waals surface area contributed by atoms with Crippen LogP contribution in [-0.4, -0.2) is 53.7 Å². The molecule has 0 spiro atoms. The minimum absolute atomic E-state index is 0.252. The van der Waals surface area contributed by atoms with E-state index < -0.39 is 0 Å². The predicted molar refractivity (Wildman–Crippen MR) is 71.3 cm³/mol. The first-order valence-electron chi connectivity index (χ1n) is 6.78. The van der Waals surface area contributed by atoms with Gasteiger partial charge in [0.1, 0.15) is 5.76 Å². The number of rotatable bonds is 4. The summed E-state index contributed by atoms with van der Waals surface area (Å²) in [5.74, 6) is 1.01. The van der Waals surface area contributed by atoms with Crippen LogP contribution in [0.5, 0.6) is 0 Å². The lowest BCUT2D eigenvalue weighted by Gasteiger charge is -2.30. The molecule has 1 aliphatic rings. The summed E-state index contributed by atoms with van der Waals surface area (Å²) < 4.78 is 5.44. The minimum atomic E-state index is 0.252. The highest BCUT2D eigenvalue weighted by atomic mass is 16.3. The van der Waals surface area contributed by atoms with Crippen molar-refractivity contribution in [1.29, 1.82) is 0 Å². The molecule has 1 N–H and O–H groups in total. The van der Waals surface area contributed by atoms with Gasteiger partial charge in [-0.25, -0.2) is 0 Å². The third-order valence-electron chi connectivity index (χ3n) is 4.00. The summed E-state index contributed by atoms with van der Waals surface area (Å²) in [7, 11) is 2.17. The van der Waals surface area contributed by atoms with Gasteiger partial charge in [-0.2, -0.15) is 0 Å². The van der Waals surface area contributed by atoms with E-state index in [1.165, 1.54) is 6.42 Å². The van der Waals surface area contributed by atoms with Gasteiger partial charge in [-0.1, -0.05) is 0 Å². The number of aliphatic hydroxyl groups is 1. The Bertz CT molecular complexity index is 340. The molecule has 0 aliphatic carbocycles. The van der Waals surface area contributed by atoms with Crippen LogP contribution in [-0.2, 0) is 6.54 Å². The van der Waals surface area contributed by atoms with Gasteiger partial charge in [-0.3, -0.25) is 4.90 Å². The van der Waals surface area contributed by atoms with Gasteiger partial charge in [0.2, 0.25) is 0 Å². The number of aliphatic hydroxyl groups excluding tert-OH is 1. The Morgan fingerprint density at radius 2 is 2.33 bits per heavy atom. The molecule has 2 unspecified atom stereocenters. The monoisotopic (exact) mass is 252 g/mol. The van der Waals surface area contributed by atoms with Gasteiger partial charge in [0.05, 0.1) is 12.8 Å². The Morgan fingerprint density at radius 1 is 1.50 bits per heavy atom. The molecule has 2 heterocycles. The second-order valence-electron chi connectivity index (χ2n) is 5.29. The van der Waals surface area contributed by atoms with Gasteiger partial charge in [0, 0.05) is 31.8 Å². The SMILES string of the molecule is CC1CCN(Cc2ccco2)C(CCO)CN1C. The van der Waals surface area contributed by atoms with E-state index in [2.05, 4.69) is 23.8 Å². The summed E-state index contributed by atoms with van der Waals surface area (Å²) >= 11 is 0. The molecule has 2 rings (SSSR count). The normalized spacial score (nSPS) is 27.3. The number of hydrogen-bond donors (Lipinski definition) is 1. The number of hydrogen-bond acceptors (Lipinski definition) is 4. The second kappa shape index (κ2) is 6.36. The molecule has 0 amide bonds. The van der Waals surface area contributed by atoms with Crippen molar-refractivity contribution >= 4 is 0 Å². The van der Waals surface area contributed by atoms with E-state index in [0.29, 0.717) is 12.1 Å². The van der Waals surface area contributed by atoms with Crippen LogP contribution >= 0.6 is 0 Å². The van der Waals surface area contributed by atoms with E-state index in [1.807, 2.05) is 12.1 Å². The molecule has 1 aliphatic heterocycles. The molecule has 0 bridgehead atoms. The topological polar surface area (TPSA) is 39.9 Å². The zero-order chi connectivity index (χ0) is 13.0. The summed E-state index contributed by atoms with van der Waals surface area (Å²) in [6.45, 7) is 5.45. The molecule has 2 atom stereocenters. The van der Waals surface area contributed by atoms with E-state index >= 15 is 0 Å². The maximum absolute atomic E-state index is 9.24. The van der Waals surface area contributed by atoms with Crippen LogP contribution in [0.25, 0.3) is 0 Å². The van der Waals surface area contributed by atoms with Crippen molar-refractivity contribution in [3.05, 3.63) is 24.2 Å². The van der Waals surface area contributed by atoms with Gasteiger partial charge in [0.15, 0.2) is 0 Å². The average molecular weight is 252 g/mol. The first-order chi connectivity index (χ1) is 8.70. The highest BCUT2D eigenvalue weighted by molar-refractivity contribution is 4.99. The molecule has 1 aromatic rings. The zero-order valence-corrected chi connectivity index (χ0v) is 11.4. The van der Waals surface area contributed by atoms with Crippen LogP contribution in [0.3, 0.4) is 0 Å². The van der Waals surface area contributed by atoms with Crippen LogP contribution in [0, 0.1) is 0 Å². The quantitative estimate of drug-likeness (QED) is 0.882. The van der Waals surface area contributed by atoms with E-state index in [1.54, 1.807) is 6.26 Å². The van der Waals surface area contributed by atoms with E-state index in [0.717, 1.165) is 31.8 Å². The lowest BCUT2D eigenvalue weighted by atomic mass is 10.1. The smallest absolute Gasteiger partial charge is 0.117 e. The van der Waals surface area contributed by atoms with Crippen molar-refractivity contribution in [2.75, 3.05) is 26.7 Å². The lowest BCUT2D eigenvalue weighted by Crippen LogP contribution is -2.41. The Hall–Kier alpha value is -0.840. The molecule has 1 fully saturated rings. The van der Waals surface area contributed by atoms with Crippen molar-refractivity contribution in [1.82, 2.24) is 9.80 Å². The molecule has 0 radical (unpaired) electrons. The summed E-state index contributed by atoms with van der Waals surface area (Å²) in [5.41, 5.74) is 0.